The van der Waals surface area contributed by atoms with Crippen LogP contribution < -0.4 is 0 Å². The summed E-state index contributed by atoms with van der Waals surface area (Å²) >= 11 is 2.96. The Morgan fingerprint density at radius 2 is 1.89 bits per heavy atom. The Hall–Kier alpha value is -2.17. The van der Waals surface area contributed by atoms with E-state index in [1.54, 1.807) is 13.8 Å². The summed E-state index contributed by atoms with van der Waals surface area (Å²) in [5.74, 6) is 0.592. The molecule has 0 saturated heterocycles. The number of nitrogens with zero attached hydrogens (tertiary/aromatic N) is 6. The third kappa shape index (κ3) is 3.92. The molecular formula is C16H18BrF3N6O. The lowest BCUT2D eigenvalue weighted by Crippen LogP contribution is -2.13. The van der Waals surface area contributed by atoms with Gasteiger partial charge >= 0.3 is 6.18 Å². The van der Waals surface area contributed by atoms with Gasteiger partial charge in [0.15, 0.2) is 5.69 Å². The number of aromatic nitrogens is 6. The van der Waals surface area contributed by atoms with Crippen molar-refractivity contribution in [2.24, 2.45) is 0 Å². The van der Waals surface area contributed by atoms with Gasteiger partial charge in [-0.2, -0.15) is 23.4 Å². The minimum atomic E-state index is -4.55. The Morgan fingerprint density at radius 3 is 2.44 bits per heavy atom. The van der Waals surface area contributed by atoms with E-state index in [9.17, 15) is 13.2 Å². The minimum absolute atomic E-state index is 0.0916. The summed E-state index contributed by atoms with van der Waals surface area (Å²) in [5, 5.41) is 16.0. The predicted molar refractivity (Wildman–Crippen MR) is 93.2 cm³/mol. The molecule has 3 aromatic rings. The molecule has 1 atom stereocenters. The first-order valence-corrected chi connectivity index (χ1v) is 9.02. The first-order valence-electron chi connectivity index (χ1n) is 8.23. The Kier molecular flexibility index (Phi) is 5.15. The molecule has 3 heterocycles. The van der Waals surface area contributed by atoms with Crippen LogP contribution in [-0.4, -0.2) is 29.8 Å². The number of halogens is 4. The molecule has 0 saturated carbocycles. The van der Waals surface area contributed by atoms with E-state index in [2.05, 4.69) is 36.3 Å². The molecule has 0 N–H and O–H groups in total. The fraction of sp³-hybridized carbons (Fsp3) is 0.500. The van der Waals surface area contributed by atoms with Crippen LogP contribution in [0.15, 0.2) is 15.0 Å². The van der Waals surface area contributed by atoms with E-state index in [0.29, 0.717) is 24.6 Å². The lowest BCUT2D eigenvalue weighted by molar-refractivity contribution is -0.142. The first kappa shape index (κ1) is 19.6. The number of aryl methyl sites for hydroxylation is 4. The fourth-order valence-corrected chi connectivity index (χ4v) is 3.29. The van der Waals surface area contributed by atoms with Crippen LogP contribution in [0.25, 0.3) is 0 Å². The SMILES string of the molecule is Cc1cc(C)n(CCc2nnc(C(C)n3nc(C(F)(F)F)c(Br)c3C)o2)n1. The number of hydrogen-bond acceptors (Lipinski definition) is 5. The topological polar surface area (TPSA) is 74.6 Å². The van der Waals surface area contributed by atoms with Crippen LogP contribution in [0.2, 0.25) is 0 Å². The van der Waals surface area contributed by atoms with Gasteiger partial charge in [-0.05, 0) is 49.7 Å². The maximum Gasteiger partial charge on any atom is 0.436 e. The van der Waals surface area contributed by atoms with Gasteiger partial charge in [-0.15, -0.1) is 10.2 Å². The van der Waals surface area contributed by atoms with Crippen LogP contribution in [0.4, 0.5) is 13.2 Å². The number of alkyl halides is 3. The molecule has 0 spiro atoms. The lowest BCUT2D eigenvalue weighted by Gasteiger charge is -2.10. The van der Waals surface area contributed by atoms with Crippen molar-refractivity contribution >= 4 is 15.9 Å². The summed E-state index contributed by atoms with van der Waals surface area (Å²) in [7, 11) is 0. The summed E-state index contributed by atoms with van der Waals surface area (Å²) in [5.41, 5.74) is 1.30. The summed E-state index contributed by atoms with van der Waals surface area (Å²) in [6.45, 7) is 7.64. The van der Waals surface area contributed by atoms with Gasteiger partial charge in [0.05, 0.1) is 15.9 Å². The second-order valence-electron chi connectivity index (χ2n) is 6.30. The number of rotatable bonds is 5. The third-order valence-corrected chi connectivity index (χ3v) is 5.14. The highest BCUT2D eigenvalue weighted by atomic mass is 79.9. The second-order valence-corrected chi connectivity index (χ2v) is 7.09. The molecule has 27 heavy (non-hydrogen) atoms. The average Bonchev–Trinajstić information content (AvgIpc) is 3.24. The van der Waals surface area contributed by atoms with Crippen molar-refractivity contribution in [3.8, 4) is 0 Å². The molecule has 1 unspecified atom stereocenters. The average molecular weight is 447 g/mol. The van der Waals surface area contributed by atoms with Crippen LogP contribution in [0, 0.1) is 20.8 Å². The quantitative estimate of drug-likeness (QED) is 0.591. The van der Waals surface area contributed by atoms with Gasteiger partial charge < -0.3 is 4.42 Å². The van der Waals surface area contributed by atoms with Crippen molar-refractivity contribution in [2.45, 2.75) is 52.9 Å². The highest BCUT2D eigenvalue weighted by Crippen LogP contribution is 2.37. The molecule has 11 heteroatoms. The van der Waals surface area contributed by atoms with E-state index in [-0.39, 0.29) is 10.4 Å². The van der Waals surface area contributed by atoms with E-state index in [1.807, 2.05) is 24.6 Å². The van der Waals surface area contributed by atoms with Gasteiger partial charge in [-0.25, -0.2) is 0 Å². The molecule has 0 aromatic carbocycles. The van der Waals surface area contributed by atoms with Crippen molar-refractivity contribution in [3.63, 3.8) is 0 Å². The second kappa shape index (κ2) is 7.10. The van der Waals surface area contributed by atoms with Gasteiger partial charge in [-0.3, -0.25) is 9.36 Å². The molecule has 0 amide bonds. The molecule has 0 bridgehead atoms. The predicted octanol–water partition coefficient (Wildman–Crippen LogP) is 4.02. The van der Waals surface area contributed by atoms with Gasteiger partial charge in [0, 0.05) is 18.7 Å². The molecule has 146 valence electrons. The van der Waals surface area contributed by atoms with E-state index in [4.69, 9.17) is 4.42 Å². The molecule has 0 fully saturated rings. The monoisotopic (exact) mass is 446 g/mol. The maximum atomic E-state index is 13.0. The van der Waals surface area contributed by atoms with E-state index >= 15 is 0 Å². The molecule has 0 aliphatic carbocycles. The van der Waals surface area contributed by atoms with Crippen molar-refractivity contribution in [1.82, 2.24) is 29.8 Å². The van der Waals surface area contributed by atoms with Crippen molar-refractivity contribution < 1.29 is 17.6 Å². The van der Waals surface area contributed by atoms with Crippen LogP contribution in [0.5, 0.6) is 0 Å². The number of hydrogen-bond donors (Lipinski definition) is 0. The molecule has 7 nitrogen and oxygen atoms in total. The van der Waals surface area contributed by atoms with Gasteiger partial charge in [0.2, 0.25) is 11.8 Å². The largest absolute Gasteiger partial charge is 0.436 e. The summed E-state index contributed by atoms with van der Waals surface area (Å²) in [6.07, 6.45) is -4.08. The van der Waals surface area contributed by atoms with Crippen LogP contribution in [0.1, 0.15) is 47.5 Å². The molecule has 0 radical (unpaired) electrons. The fourth-order valence-electron chi connectivity index (χ4n) is 2.80. The van der Waals surface area contributed by atoms with Crippen molar-refractivity contribution in [1.29, 1.82) is 0 Å². The van der Waals surface area contributed by atoms with Gasteiger partial charge in [-0.1, -0.05) is 0 Å². The maximum absolute atomic E-state index is 13.0. The van der Waals surface area contributed by atoms with Gasteiger partial charge in [0.1, 0.15) is 6.04 Å². The standard InChI is InChI=1S/C16H18BrF3N6O/c1-8-7-9(2)25(23-8)6-5-12-21-22-15(27-12)11(4)26-10(3)13(17)14(24-26)16(18,19)20/h7,11H,5-6H2,1-4H3. The first-order chi connectivity index (χ1) is 12.6. The summed E-state index contributed by atoms with van der Waals surface area (Å²) in [4.78, 5) is 0. The molecule has 3 rings (SSSR count). The van der Waals surface area contributed by atoms with Crippen molar-refractivity contribution in [2.75, 3.05) is 0 Å². The molecule has 0 aliphatic heterocycles. The lowest BCUT2D eigenvalue weighted by atomic mass is 10.3. The van der Waals surface area contributed by atoms with E-state index in [1.165, 1.54) is 4.68 Å². The van der Waals surface area contributed by atoms with E-state index < -0.39 is 17.9 Å². The van der Waals surface area contributed by atoms with Crippen LogP contribution >= 0.6 is 15.9 Å². The zero-order valence-corrected chi connectivity index (χ0v) is 16.8. The molecule has 0 aliphatic rings. The summed E-state index contributed by atoms with van der Waals surface area (Å²) < 4.78 is 47.7. The Bertz CT molecular complexity index is 958. The normalized spacial score (nSPS) is 13.3. The van der Waals surface area contributed by atoms with Crippen LogP contribution in [-0.2, 0) is 19.1 Å². The Labute approximate surface area is 161 Å². The minimum Gasteiger partial charge on any atom is -0.423 e. The van der Waals surface area contributed by atoms with E-state index in [0.717, 1.165) is 11.4 Å². The summed E-state index contributed by atoms with van der Waals surface area (Å²) in [6, 6.07) is 1.34. The molecular weight excluding hydrogens is 429 g/mol. The van der Waals surface area contributed by atoms with Crippen molar-refractivity contribution in [3.05, 3.63) is 45.1 Å². The van der Waals surface area contributed by atoms with Gasteiger partial charge in [0.25, 0.3) is 0 Å². The Balaban J connectivity index is 1.77. The zero-order chi connectivity index (χ0) is 19.9. The Morgan fingerprint density at radius 1 is 1.19 bits per heavy atom. The molecule has 3 aromatic heterocycles. The zero-order valence-electron chi connectivity index (χ0n) is 15.2. The highest BCUT2D eigenvalue weighted by Gasteiger charge is 2.38. The smallest absolute Gasteiger partial charge is 0.423 e. The highest BCUT2D eigenvalue weighted by molar-refractivity contribution is 9.10. The third-order valence-electron chi connectivity index (χ3n) is 4.19. The van der Waals surface area contributed by atoms with Crippen LogP contribution in [0.3, 0.4) is 0 Å².